The van der Waals surface area contributed by atoms with E-state index in [4.69, 9.17) is 0 Å². The molecule has 1 radical (unpaired) electrons. The van der Waals surface area contributed by atoms with E-state index in [1.807, 2.05) is 30.3 Å². The zero-order valence-corrected chi connectivity index (χ0v) is 5.74. The molecule has 0 fully saturated rings. The van der Waals surface area contributed by atoms with Crippen LogP contribution >= 0.6 is 0 Å². The van der Waals surface area contributed by atoms with E-state index in [2.05, 4.69) is 0 Å². The van der Waals surface area contributed by atoms with Crippen molar-refractivity contribution in [3.05, 3.63) is 35.9 Å². The first-order valence-corrected chi connectivity index (χ1v) is 2.86. The molecule has 0 aromatic heterocycles. The lowest BCUT2D eigenvalue weighted by atomic mass is 10.2. The van der Waals surface area contributed by atoms with Crippen LogP contribution in [-0.2, 0) is 0 Å². The Bertz CT molecular complexity index is 204. The van der Waals surface area contributed by atoms with Gasteiger partial charge in [-0.3, -0.25) is 10.3 Å². The number of hydrogen-bond acceptors (Lipinski definition) is 1. The molecular formula is C8H9O2. The highest BCUT2D eigenvalue weighted by atomic mass is 16.1. The van der Waals surface area contributed by atoms with Gasteiger partial charge in [-0.25, -0.2) is 0 Å². The fourth-order valence-corrected chi connectivity index (χ4v) is 0.673. The zero-order valence-electron chi connectivity index (χ0n) is 5.74. The lowest BCUT2D eigenvalue weighted by Gasteiger charge is -1.89. The summed E-state index contributed by atoms with van der Waals surface area (Å²) in [7, 11) is 0. The molecular weight excluding hydrogens is 128 g/mol. The number of hydrogen-bond donors (Lipinski definition) is 1. The molecule has 0 aliphatic rings. The standard InChI is InChI=1S/C8H8O.HO/c1-7(9)8-5-3-2-4-6-8;/h2-6H,1H3;1H. The lowest BCUT2D eigenvalue weighted by Crippen LogP contribution is -1.88. The summed E-state index contributed by atoms with van der Waals surface area (Å²) >= 11 is 0. The van der Waals surface area contributed by atoms with Gasteiger partial charge < -0.3 is 0 Å². The summed E-state index contributed by atoms with van der Waals surface area (Å²) in [4.78, 5) is 10.6. The van der Waals surface area contributed by atoms with Crippen LogP contribution in [0.5, 0.6) is 0 Å². The minimum atomic E-state index is 0. The van der Waals surface area contributed by atoms with E-state index in [1.165, 1.54) is 0 Å². The topological polar surface area (TPSA) is 47.1 Å². The smallest absolute Gasteiger partial charge is 0.159 e. The molecule has 0 saturated carbocycles. The average Bonchev–Trinajstić information content (AvgIpc) is 1.90. The number of benzene rings is 1. The van der Waals surface area contributed by atoms with E-state index in [-0.39, 0.29) is 11.3 Å². The van der Waals surface area contributed by atoms with Crippen molar-refractivity contribution in [2.75, 3.05) is 0 Å². The average molecular weight is 137 g/mol. The Morgan fingerprint density at radius 1 is 1.20 bits per heavy atom. The molecule has 0 heterocycles. The molecule has 2 heteroatoms. The van der Waals surface area contributed by atoms with Crippen molar-refractivity contribution in [3.63, 3.8) is 0 Å². The Balaban J connectivity index is 0.000000810. The van der Waals surface area contributed by atoms with Gasteiger partial charge in [0, 0.05) is 5.56 Å². The van der Waals surface area contributed by atoms with E-state index < -0.39 is 0 Å². The third kappa shape index (κ3) is 1.99. The van der Waals surface area contributed by atoms with Crippen LogP contribution in [0.1, 0.15) is 17.3 Å². The van der Waals surface area contributed by atoms with Crippen LogP contribution in [0.25, 0.3) is 0 Å². The maximum absolute atomic E-state index is 10.6. The van der Waals surface area contributed by atoms with Crippen LogP contribution in [0.3, 0.4) is 0 Å². The fraction of sp³-hybridized carbons (Fsp3) is 0.125. The summed E-state index contributed by atoms with van der Waals surface area (Å²) in [6.07, 6.45) is 0. The van der Waals surface area contributed by atoms with Gasteiger partial charge in [0.2, 0.25) is 0 Å². The highest BCUT2D eigenvalue weighted by Gasteiger charge is 1.92. The van der Waals surface area contributed by atoms with E-state index in [0.717, 1.165) is 5.56 Å². The minimum absolute atomic E-state index is 0. The second-order valence-corrected chi connectivity index (χ2v) is 1.92. The molecule has 1 aromatic carbocycles. The van der Waals surface area contributed by atoms with Gasteiger partial charge in [0.05, 0.1) is 0 Å². The summed E-state index contributed by atoms with van der Waals surface area (Å²) in [5.41, 5.74) is 0.775. The van der Waals surface area contributed by atoms with Crippen LogP contribution in [0.4, 0.5) is 0 Å². The monoisotopic (exact) mass is 137 g/mol. The number of carbonyl (C=O) groups is 1. The van der Waals surface area contributed by atoms with Crippen molar-refractivity contribution in [1.29, 1.82) is 0 Å². The molecule has 0 saturated heterocycles. The zero-order chi connectivity index (χ0) is 6.69. The molecule has 53 valence electrons. The van der Waals surface area contributed by atoms with Gasteiger partial charge in [-0.15, -0.1) is 0 Å². The largest absolute Gasteiger partial charge is 0.295 e. The van der Waals surface area contributed by atoms with Gasteiger partial charge in [-0.2, -0.15) is 0 Å². The normalized spacial score (nSPS) is 8.10. The molecule has 1 N–H and O–H groups in total. The van der Waals surface area contributed by atoms with Crippen LogP contribution < -0.4 is 0 Å². The van der Waals surface area contributed by atoms with Crippen molar-refractivity contribution in [2.45, 2.75) is 6.92 Å². The highest BCUT2D eigenvalue weighted by molar-refractivity contribution is 5.93. The summed E-state index contributed by atoms with van der Waals surface area (Å²) in [5.74, 6) is 0.121. The van der Waals surface area contributed by atoms with Gasteiger partial charge in [0.1, 0.15) is 0 Å². The third-order valence-electron chi connectivity index (χ3n) is 1.18. The molecule has 0 amide bonds. The molecule has 0 bridgehead atoms. The van der Waals surface area contributed by atoms with E-state index in [0.29, 0.717) is 0 Å². The Labute approximate surface area is 59.8 Å². The Morgan fingerprint density at radius 3 is 2.00 bits per heavy atom. The number of Topliss-reactive ketones (excluding diaryl/α,β-unsaturated/α-hetero) is 1. The van der Waals surface area contributed by atoms with Gasteiger partial charge in [-0.1, -0.05) is 30.3 Å². The van der Waals surface area contributed by atoms with Crippen LogP contribution in [0.2, 0.25) is 0 Å². The predicted molar refractivity (Wildman–Crippen MR) is 38.4 cm³/mol. The van der Waals surface area contributed by atoms with Gasteiger partial charge in [-0.05, 0) is 6.92 Å². The maximum atomic E-state index is 10.6. The summed E-state index contributed by atoms with van der Waals surface area (Å²) in [6, 6.07) is 9.23. The minimum Gasteiger partial charge on any atom is -0.295 e. The Morgan fingerprint density at radius 2 is 1.70 bits per heavy atom. The first-order chi connectivity index (χ1) is 4.30. The molecule has 0 spiro atoms. The van der Waals surface area contributed by atoms with Crippen molar-refractivity contribution < 1.29 is 10.3 Å². The molecule has 0 aliphatic heterocycles. The lowest BCUT2D eigenvalue weighted by molar-refractivity contribution is 0.101. The molecule has 0 atom stereocenters. The Hall–Kier alpha value is -1.15. The maximum Gasteiger partial charge on any atom is 0.159 e. The molecule has 1 aromatic rings. The number of carbonyl (C=O) groups excluding carboxylic acids is 1. The third-order valence-corrected chi connectivity index (χ3v) is 1.18. The number of ketones is 1. The van der Waals surface area contributed by atoms with Crippen molar-refractivity contribution in [3.8, 4) is 0 Å². The summed E-state index contributed by atoms with van der Waals surface area (Å²) < 4.78 is 0. The van der Waals surface area contributed by atoms with Crippen LogP contribution in [0, 0.1) is 0 Å². The first-order valence-electron chi connectivity index (χ1n) is 2.86. The molecule has 0 unspecified atom stereocenters. The fourth-order valence-electron chi connectivity index (χ4n) is 0.673. The summed E-state index contributed by atoms with van der Waals surface area (Å²) in [6.45, 7) is 1.56. The number of rotatable bonds is 1. The van der Waals surface area contributed by atoms with Gasteiger partial charge in [0.25, 0.3) is 0 Å². The highest BCUT2D eigenvalue weighted by Crippen LogP contribution is 1.97. The summed E-state index contributed by atoms with van der Waals surface area (Å²) in [5, 5.41) is 0. The molecule has 1 rings (SSSR count). The van der Waals surface area contributed by atoms with Crippen LogP contribution in [-0.4, -0.2) is 11.3 Å². The predicted octanol–water partition coefficient (Wildman–Crippen LogP) is 1.71. The van der Waals surface area contributed by atoms with Crippen molar-refractivity contribution in [1.82, 2.24) is 0 Å². The second kappa shape index (κ2) is 3.80. The van der Waals surface area contributed by atoms with E-state index in [9.17, 15) is 4.79 Å². The van der Waals surface area contributed by atoms with Gasteiger partial charge >= 0.3 is 0 Å². The molecule has 2 nitrogen and oxygen atoms in total. The Kier molecular flexibility index (Phi) is 3.36. The first kappa shape index (κ1) is 8.85. The van der Waals surface area contributed by atoms with Crippen molar-refractivity contribution in [2.24, 2.45) is 0 Å². The van der Waals surface area contributed by atoms with E-state index in [1.54, 1.807) is 6.92 Å². The quantitative estimate of drug-likeness (QED) is 0.588. The van der Waals surface area contributed by atoms with E-state index >= 15 is 0 Å². The van der Waals surface area contributed by atoms with Crippen molar-refractivity contribution >= 4 is 5.78 Å². The second-order valence-electron chi connectivity index (χ2n) is 1.92. The van der Waals surface area contributed by atoms with Gasteiger partial charge in [0.15, 0.2) is 5.78 Å². The van der Waals surface area contributed by atoms with Crippen LogP contribution in [0.15, 0.2) is 30.3 Å². The SMILES string of the molecule is CC(=O)c1ccccc1.[OH]. The molecule has 10 heavy (non-hydrogen) atoms. The molecule has 0 aliphatic carbocycles.